The van der Waals surface area contributed by atoms with Crippen LogP contribution in [-0.4, -0.2) is 26.0 Å². The number of carbonyl (C=O) groups is 1. The minimum atomic E-state index is -0.331. The summed E-state index contributed by atoms with van der Waals surface area (Å²) in [5.41, 5.74) is 1.24. The van der Waals surface area contributed by atoms with Crippen LogP contribution >= 0.6 is 0 Å². The maximum atomic E-state index is 13.0. The highest BCUT2D eigenvalue weighted by atomic mass is 19.1. The van der Waals surface area contributed by atoms with E-state index in [1.165, 1.54) is 16.9 Å². The number of carbonyl (C=O) groups excluding carboxylic acids is 1. The number of nitrogens with zero attached hydrogens (tertiary/aromatic N) is 4. The lowest BCUT2D eigenvalue weighted by molar-refractivity contribution is 0.0961. The standard InChI is InChI=1S/C19H13FN4O/c20-17-9-7-14(8-10-17)19-21-23-24(22-19)12-18(25)16-6-5-13-3-1-2-4-15(13)11-16/h1-11H,12H2. The van der Waals surface area contributed by atoms with E-state index < -0.39 is 0 Å². The van der Waals surface area contributed by atoms with Gasteiger partial charge in [0.15, 0.2) is 5.78 Å². The van der Waals surface area contributed by atoms with Crippen molar-refractivity contribution in [1.82, 2.24) is 20.2 Å². The van der Waals surface area contributed by atoms with E-state index in [1.54, 1.807) is 18.2 Å². The van der Waals surface area contributed by atoms with Gasteiger partial charge in [-0.25, -0.2) is 4.39 Å². The van der Waals surface area contributed by atoms with E-state index in [0.29, 0.717) is 17.0 Å². The molecule has 3 aromatic carbocycles. The zero-order chi connectivity index (χ0) is 17.2. The molecule has 4 rings (SSSR count). The quantitative estimate of drug-likeness (QED) is 0.537. The molecule has 1 aromatic heterocycles. The molecular formula is C19H13FN4O. The Morgan fingerprint density at radius 2 is 1.72 bits per heavy atom. The van der Waals surface area contributed by atoms with Crippen molar-refractivity contribution in [3.8, 4) is 11.4 Å². The third kappa shape index (κ3) is 3.14. The van der Waals surface area contributed by atoms with Gasteiger partial charge in [-0.2, -0.15) is 4.80 Å². The molecule has 6 heteroatoms. The first-order valence-corrected chi connectivity index (χ1v) is 7.75. The fraction of sp³-hybridized carbons (Fsp3) is 0.0526. The van der Waals surface area contributed by atoms with E-state index in [4.69, 9.17) is 0 Å². The normalized spacial score (nSPS) is 10.9. The molecule has 0 amide bonds. The average Bonchev–Trinajstić information content (AvgIpc) is 3.10. The Morgan fingerprint density at radius 3 is 2.52 bits per heavy atom. The monoisotopic (exact) mass is 332 g/mol. The predicted molar refractivity (Wildman–Crippen MR) is 91.5 cm³/mol. The van der Waals surface area contributed by atoms with Crippen molar-refractivity contribution >= 4 is 16.6 Å². The Morgan fingerprint density at radius 1 is 0.960 bits per heavy atom. The number of hydrogen-bond donors (Lipinski definition) is 0. The van der Waals surface area contributed by atoms with Crippen LogP contribution in [0.2, 0.25) is 0 Å². The molecule has 0 spiro atoms. The Kier molecular flexibility index (Phi) is 3.78. The summed E-state index contributed by atoms with van der Waals surface area (Å²) in [5, 5.41) is 14.1. The van der Waals surface area contributed by atoms with Gasteiger partial charge >= 0.3 is 0 Å². The van der Waals surface area contributed by atoms with Crippen LogP contribution in [0.1, 0.15) is 10.4 Å². The molecule has 0 fully saturated rings. The van der Waals surface area contributed by atoms with E-state index in [9.17, 15) is 9.18 Å². The number of Topliss-reactive ketones (excluding diaryl/α,β-unsaturated/α-hetero) is 1. The molecule has 122 valence electrons. The fourth-order valence-corrected chi connectivity index (χ4v) is 2.61. The third-order valence-corrected chi connectivity index (χ3v) is 3.91. The van der Waals surface area contributed by atoms with Gasteiger partial charge in [-0.05, 0) is 46.3 Å². The summed E-state index contributed by atoms with van der Waals surface area (Å²) in [6.07, 6.45) is 0. The maximum absolute atomic E-state index is 13.0. The van der Waals surface area contributed by atoms with Crippen LogP contribution in [0, 0.1) is 5.82 Å². The second kappa shape index (κ2) is 6.24. The smallest absolute Gasteiger partial charge is 0.204 e. The van der Waals surface area contributed by atoms with Gasteiger partial charge in [0.1, 0.15) is 12.4 Å². The molecule has 0 aliphatic carbocycles. The molecule has 0 N–H and O–H groups in total. The van der Waals surface area contributed by atoms with Crippen molar-refractivity contribution in [1.29, 1.82) is 0 Å². The summed E-state index contributed by atoms with van der Waals surface area (Å²) in [4.78, 5) is 13.7. The van der Waals surface area contributed by atoms with Crippen molar-refractivity contribution in [3.05, 3.63) is 78.1 Å². The van der Waals surface area contributed by atoms with E-state index in [0.717, 1.165) is 10.8 Å². The number of aromatic nitrogens is 4. The zero-order valence-corrected chi connectivity index (χ0v) is 13.1. The number of hydrogen-bond acceptors (Lipinski definition) is 4. The van der Waals surface area contributed by atoms with E-state index in [1.807, 2.05) is 36.4 Å². The van der Waals surface area contributed by atoms with Crippen molar-refractivity contribution in [3.63, 3.8) is 0 Å². The van der Waals surface area contributed by atoms with Crippen molar-refractivity contribution in [2.45, 2.75) is 6.54 Å². The number of fused-ring (bicyclic) bond motifs is 1. The Balaban J connectivity index is 1.55. The average molecular weight is 332 g/mol. The van der Waals surface area contributed by atoms with Crippen LogP contribution in [-0.2, 0) is 6.54 Å². The van der Waals surface area contributed by atoms with E-state index in [2.05, 4.69) is 15.4 Å². The molecule has 25 heavy (non-hydrogen) atoms. The topological polar surface area (TPSA) is 60.7 Å². The molecule has 0 aliphatic rings. The molecule has 0 saturated heterocycles. The molecule has 0 aliphatic heterocycles. The maximum Gasteiger partial charge on any atom is 0.204 e. The second-order valence-electron chi connectivity index (χ2n) is 5.64. The van der Waals surface area contributed by atoms with Gasteiger partial charge in [-0.1, -0.05) is 36.4 Å². The van der Waals surface area contributed by atoms with Gasteiger partial charge < -0.3 is 0 Å². The molecule has 1 heterocycles. The van der Waals surface area contributed by atoms with Gasteiger partial charge in [0.05, 0.1) is 0 Å². The Labute approximate surface area is 142 Å². The molecule has 5 nitrogen and oxygen atoms in total. The van der Waals surface area contributed by atoms with Gasteiger partial charge in [0.2, 0.25) is 5.82 Å². The summed E-state index contributed by atoms with van der Waals surface area (Å²) in [6, 6.07) is 19.2. The summed E-state index contributed by atoms with van der Waals surface area (Å²) >= 11 is 0. The molecular weight excluding hydrogens is 319 g/mol. The molecule has 0 atom stereocenters. The predicted octanol–water partition coefficient (Wildman–Crippen LogP) is 3.52. The zero-order valence-electron chi connectivity index (χ0n) is 13.1. The minimum Gasteiger partial charge on any atom is -0.292 e. The van der Waals surface area contributed by atoms with Crippen LogP contribution in [0.5, 0.6) is 0 Å². The van der Waals surface area contributed by atoms with Crippen molar-refractivity contribution in [2.24, 2.45) is 0 Å². The van der Waals surface area contributed by atoms with Gasteiger partial charge in [0.25, 0.3) is 0 Å². The molecule has 0 unspecified atom stereocenters. The van der Waals surface area contributed by atoms with Crippen LogP contribution in [0.3, 0.4) is 0 Å². The fourth-order valence-electron chi connectivity index (χ4n) is 2.61. The van der Waals surface area contributed by atoms with Gasteiger partial charge in [-0.15, -0.1) is 10.2 Å². The number of halogens is 1. The van der Waals surface area contributed by atoms with Gasteiger partial charge in [0, 0.05) is 11.1 Å². The lowest BCUT2D eigenvalue weighted by Gasteiger charge is -2.02. The molecule has 0 saturated carbocycles. The molecule has 0 radical (unpaired) electrons. The van der Waals surface area contributed by atoms with Crippen molar-refractivity contribution in [2.75, 3.05) is 0 Å². The lowest BCUT2D eigenvalue weighted by Crippen LogP contribution is -2.13. The number of rotatable bonds is 4. The highest BCUT2D eigenvalue weighted by Gasteiger charge is 2.11. The lowest BCUT2D eigenvalue weighted by atomic mass is 10.0. The van der Waals surface area contributed by atoms with Crippen molar-refractivity contribution < 1.29 is 9.18 Å². The Hall–Kier alpha value is -3.41. The van der Waals surface area contributed by atoms with E-state index in [-0.39, 0.29) is 18.1 Å². The second-order valence-corrected chi connectivity index (χ2v) is 5.64. The van der Waals surface area contributed by atoms with Crippen LogP contribution in [0.15, 0.2) is 66.7 Å². The third-order valence-electron chi connectivity index (χ3n) is 3.91. The molecule has 0 bridgehead atoms. The first-order chi connectivity index (χ1) is 12.2. The summed E-state index contributed by atoms with van der Waals surface area (Å²) in [7, 11) is 0. The number of ketones is 1. The SMILES string of the molecule is O=C(Cn1nnc(-c2ccc(F)cc2)n1)c1ccc2ccccc2c1. The largest absolute Gasteiger partial charge is 0.292 e. The Bertz CT molecular complexity index is 1060. The number of tetrazole rings is 1. The van der Waals surface area contributed by atoms with E-state index >= 15 is 0 Å². The first kappa shape index (κ1) is 15.1. The highest BCUT2D eigenvalue weighted by Crippen LogP contribution is 2.17. The summed E-state index contributed by atoms with van der Waals surface area (Å²) < 4.78 is 13.0. The van der Waals surface area contributed by atoms with Crippen LogP contribution < -0.4 is 0 Å². The summed E-state index contributed by atoms with van der Waals surface area (Å²) in [6.45, 7) is -0.00741. The van der Waals surface area contributed by atoms with Crippen LogP contribution in [0.25, 0.3) is 22.2 Å². The highest BCUT2D eigenvalue weighted by molar-refractivity contribution is 5.99. The minimum absolute atomic E-state index is 0.00741. The van der Waals surface area contributed by atoms with Crippen LogP contribution in [0.4, 0.5) is 4.39 Å². The first-order valence-electron chi connectivity index (χ1n) is 7.75. The summed E-state index contributed by atoms with van der Waals surface area (Å²) in [5.74, 6) is -0.0808. The molecule has 4 aromatic rings. The van der Waals surface area contributed by atoms with Gasteiger partial charge in [-0.3, -0.25) is 4.79 Å². The number of benzene rings is 3.